The molecule has 2 aliphatic heterocycles. The van der Waals surface area contributed by atoms with E-state index < -0.39 is 17.5 Å². The highest BCUT2D eigenvalue weighted by Crippen LogP contribution is 2.56. The molecule has 134 valence electrons. The minimum Gasteiger partial charge on any atom is -0.478 e. The van der Waals surface area contributed by atoms with Gasteiger partial charge in [-0.05, 0) is 42.5 Å². The van der Waals surface area contributed by atoms with Crippen LogP contribution >= 0.6 is 15.9 Å². The number of carbonyl (C=O) groups is 2. The van der Waals surface area contributed by atoms with Gasteiger partial charge in [-0.1, -0.05) is 33.5 Å². The van der Waals surface area contributed by atoms with E-state index in [2.05, 4.69) is 15.9 Å². The largest absolute Gasteiger partial charge is 0.478 e. The molecule has 7 heteroatoms. The van der Waals surface area contributed by atoms with E-state index in [9.17, 15) is 14.7 Å². The molecule has 28 heavy (non-hydrogen) atoms. The summed E-state index contributed by atoms with van der Waals surface area (Å²) in [5.41, 5.74) is 1.25. The lowest BCUT2D eigenvalue weighted by molar-refractivity contribution is 0.0224. The third kappa shape index (κ3) is 2.20. The predicted octanol–water partition coefficient (Wildman–Crippen LogP) is 3.51. The molecule has 5 rings (SSSR count). The number of hydrogen-bond acceptors (Lipinski definition) is 4. The van der Waals surface area contributed by atoms with Crippen molar-refractivity contribution in [3.63, 3.8) is 0 Å². The van der Waals surface area contributed by atoms with E-state index in [0.29, 0.717) is 39.2 Å². The summed E-state index contributed by atoms with van der Waals surface area (Å²) in [6, 6.07) is 14.9. The first-order valence-electron chi connectivity index (χ1n) is 8.39. The van der Waals surface area contributed by atoms with Crippen molar-refractivity contribution in [3.8, 4) is 11.5 Å². The number of benzene rings is 3. The van der Waals surface area contributed by atoms with Crippen molar-refractivity contribution in [2.75, 3.05) is 0 Å². The Morgan fingerprint density at radius 1 is 0.964 bits per heavy atom. The highest BCUT2D eigenvalue weighted by Gasteiger charge is 2.53. The first kappa shape index (κ1) is 17.1. The van der Waals surface area contributed by atoms with Crippen LogP contribution in [0, 0.1) is 0 Å². The fourth-order valence-electron chi connectivity index (χ4n) is 3.84. The summed E-state index contributed by atoms with van der Waals surface area (Å²) in [6.07, 6.45) is 0. The highest BCUT2D eigenvalue weighted by molar-refractivity contribution is 9.10. The standard InChI is InChI=1S/C21H10BBrO5/c22-11-2-5-14-17(8-11)27-18-9-12(23)3-6-15(18)21(14)16-7-10(19(24)25)1-4-13(16)20(26)28-21/h1-9H,(H,24,25). The van der Waals surface area contributed by atoms with Crippen LogP contribution in [-0.2, 0) is 10.3 Å². The molecule has 1 atom stereocenters. The average Bonchev–Trinajstić information content (AvgIpc) is 2.94. The second-order valence-corrected chi connectivity index (χ2v) is 7.55. The van der Waals surface area contributed by atoms with Gasteiger partial charge >= 0.3 is 11.9 Å². The van der Waals surface area contributed by atoms with Crippen LogP contribution in [0.5, 0.6) is 11.5 Å². The summed E-state index contributed by atoms with van der Waals surface area (Å²) in [7, 11) is 5.93. The van der Waals surface area contributed by atoms with Crippen LogP contribution in [0.3, 0.4) is 0 Å². The topological polar surface area (TPSA) is 72.8 Å². The number of rotatable bonds is 1. The van der Waals surface area contributed by atoms with Crippen molar-refractivity contribution in [3.05, 3.63) is 86.9 Å². The number of esters is 1. The van der Waals surface area contributed by atoms with Crippen LogP contribution in [0.2, 0.25) is 0 Å². The SMILES string of the molecule is [B]c1ccc2c(c1)Oc1cc(Br)ccc1C21OC(=O)c2ccc(C(=O)O)cc21. The zero-order valence-electron chi connectivity index (χ0n) is 14.2. The molecule has 5 nitrogen and oxygen atoms in total. The lowest BCUT2D eigenvalue weighted by Crippen LogP contribution is -2.33. The fourth-order valence-corrected chi connectivity index (χ4v) is 4.19. The summed E-state index contributed by atoms with van der Waals surface area (Å²) < 4.78 is 12.8. The fraction of sp³-hybridized carbons (Fsp3) is 0.0476. The summed E-state index contributed by atoms with van der Waals surface area (Å²) >= 11 is 3.43. The molecule has 0 aliphatic carbocycles. The van der Waals surface area contributed by atoms with Gasteiger partial charge in [0.05, 0.1) is 11.1 Å². The number of carboxylic acids is 1. The summed E-state index contributed by atoms with van der Waals surface area (Å²) in [4.78, 5) is 24.3. The Kier molecular flexibility index (Phi) is 3.49. The molecule has 1 unspecified atom stereocenters. The Morgan fingerprint density at radius 2 is 1.68 bits per heavy atom. The second-order valence-electron chi connectivity index (χ2n) is 6.63. The molecule has 0 amide bonds. The summed E-state index contributed by atoms with van der Waals surface area (Å²) in [6.45, 7) is 0. The van der Waals surface area contributed by atoms with Gasteiger partial charge in [0.15, 0.2) is 5.60 Å². The maximum Gasteiger partial charge on any atom is 0.340 e. The van der Waals surface area contributed by atoms with Crippen LogP contribution in [0.15, 0.2) is 59.1 Å². The lowest BCUT2D eigenvalue weighted by atomic mass is 9.76. The van der Waals surface area contributed by atoms with Gasteiger partial charge in [-0.3, -0.25) is 0 Å². The lowest BCUT2D eigenvalue weighted by Gasteiger charge is -2.36. The summed E-state index contributed by atoms with van der Waals surface area (Å²) in [5.74, 6) is -0.663. The van der Waals surface area contributed by atoms with Crippen LogP contribution in [0.4, 0.5) is 0 Å². The van der Waals surface area contributed by atoms with Crippen LogP contribution < -0.4 is 10.2 Å². The second kappa shape index (κ2) is 5.72. The minimum atomic E-state index is -1.31. The molecule has 0 bridgehead atoms. The maximum atomic E-state index is 12.7. The smallest absolute Gasteiger partial charge is 0.340 e. The number of hydrogen-bond donors (Lipinski definition) is 1. The quantitative estimate of drug-likeness (QED) is 0.470. The molecule has 0 saturated heterocycles. The van der Waals surface area contributed by atoms with Crippen molar-refractivity contribution >= 4 is 41.2 Å². The number of ether oxygens (including phenoxy) is 2. The van der Waals surface area contributed by atoms with Crippen LogP contribution in [-0.4, -0.2) is 24.9 Å². The minimum absolute atomic E-state index is 0.0681. The van der Waals surface area contributed by atoms with E-state index in [1.165, 1.54) is 18.2 Å². The third-order valence-corrected chi connectivity index (χ3v) is 5.53. The predicted molar refractivity (Wildman–Crippen MR) is 105 cm³/mol. The number of fused-ring (bicyclic) bond motifs is 6. The van der Waals surface area contributed by atoms with Gasteiger partial charge in [-0.25, -0.2) is 9.59 Å². The van der Waals surface area contributed by atoms with Gasteiger partial charge in [0.25, 0.3) is 0 Å². The van der Waals surface area contributed by atoms with Gasteiger partial charge < -0.3 is 14.6 Å². The Balaban J connectivity index is 1.90. The summed E-state index contributed by atoms with van der Waals surface area (Å²) in [5, 5.41) is 9.46. The van der Waals surface area contributed by atoms with Crippen LogP contribution in [0.1, 0.15) is 37.4 Å². The van der Waals surface area contributed by atoms with E-state index in [4.69, 9.17) is 17.3 Å². The molecular weight excluding hydrogens is 423 g/mol. The van der Waals surface area contributed by atoms with Crippen molar-refractivity contribution < 1.29 is 24.2 Å². The Bertz CT molecular complexity index is 1150. The van der Waals surface area contributed by atoms with Crippen molar-refractivity contribution in [1.29, 1.82) is 0 Å². The maximum absolute atomic E-state index is 12.7. The third-order valence-electron chi connectivity index (χ3n) is 5.04. The molecule has 1 N–H and O–H groups in total. The van der Waals surface area contributed by atoms with Gasteiger partial charge in [0.1, 0.15) is 19.3 Å². The normalized spacial score (nSPS) is 18.7. The molecule has 2 heterocycles. The zero-order valence-corrected chi connectivity index (χ0v) is 15.8. The van der Waals surface area contributed by atoms with E-state index in [1.807, 2.05) is 6.07 Å². The van der Waals surface area contributed by atoms with Crippen LogP contribution in [0.25, 0.3) is 0 Å². The molecule has 3 aromatic carbocycles. The molecule has 0 fully saturated rings. The Labute approximate surface area is 169 Å². The number of aromatic carboxylic acids is 1. The first-order chi connectivity index (χ1) is 13.4. The molecule has 3 aromatic rings. The number of halogens is 1. The average molecular weight is 433 g/mol. The van der Waals surface area contributed by atoms with E-state index in [-0.39, 0.29) is 5.56 Å². The molecule has 2 radical (unpaired) electrons. The van der Waals surface area contributed by atoms with Gasteiger partial charge in [0, 0.05) is 21.2 Å². The monoisotopic (exact) mass is 432 g/mol. The molecule has 1 spiro atoms. The van der Waals surface area contributed by atoms with E-state index in [0.717, 1.165) is 4.47 Å². The molecule has 0 aromatic heterocycles. The first-order valence-corrected chi connectivity index (χ1v) is 9.18. The molecule has 0 saturated carbocycles. The molecular formula is C21H10BBrO5. The number of carboxylic acid groups (broad SMARTS) is 1. The van der Waals surface area contributed by atoms with Gasteiger partial charge in [-0.15, -0.1) is 0 Å². The van der Waals surface area contributed by atoms with Gasteiger partial charge in [-0.2, -0.15) is 0 Å². The van der Waals surface area contributed by atoms with E-state index in [1.54, 1.807) is 30.3 Å². The van der Waals surface area contributed by atoms with Crippen molar-refractivity contribution in [2.24, 2.45) is 0 Å². The van der Waals surface area contributed by atoms with Crippen molar-refractivity contribution in [2.45, 2.75) is 5.60 Å². The van der Waals surface area contributed by atoms with E-state index >= 15 is 0 Å². The Morgan fingerprint density at radius 3 is 2.43 bits per heavy atom. The zero-order chi connectivity index (χ0) is 19.6. The van der Waals surface area contributed by atoms with Crippen molar-refractivity contribution in [1.82, 2.24) is 0 Å². The highest BCUT2D eigenvalue weighted by atomic mass is 79.9. The molecule has 2 aliphatic rings. The van der Waals surface area contributed by atoms with Gasteiger partial charge in [0.2, 0.25) is 0 Å². The number of carbonyl (C=O) groups excluding carboxylic acids is 1. The Hall–Kier alpha value is -3.06.